The highest BCUT2D eigenvalue weighted by Gasteiger charge is 2.29. The summed E-state index contributed by atoms with van der Waals surface area (Å²) < 4.78 is 0. The van der Waals surface area contributed by atoms with E-state index in [0.717, 1.165) is 5.56 Å². The highest BCUT2D eigenvalue weighted by molar-refractivity contribution is 5.80. The first kappa shape index (κ1) is 13.5. The summed E-state index contributed by atoms with van der Waals surface area (Å²) in [6.45, 7) is 2.81. The van der Waals surface area contributed by atoms with Gasteiger partial charge in [0.05, 0.1) is 12.5 Å². The fourth-order valence-corrected chi connectivity index (χ4v) is 2.29. The second-order valence-electron chi connectivity index (χ2n) is 4.86. The van der Waals surface area contributed by atoms with Gasteiger partial charge in [0.25, 0.3) is 0 Å². The quantitative estimate of drug-likeness (QED) is 0.848. The molecule has 1 aliphatic rings. The minimum Gasteiger partial charge on any atom is -0.481 e. The first-order valence-corrected chi connectivity index (χ1v) is 6.36. The molecule has 1 aromatic carbocycles. The first-order valence-electron chi connectivity index (χ1n) is 6.36. The van der Waals surface area contributed by atoms with Crippen LogP contribution in [0.3, 0.4) is 0 Å². The van der Waals surface area contributed by atoms with E-state index < -0.39 is 11.9 Å². The standard InChI is InChI=1S/C14H18N2O3/c1-10(11-5-3-2-4-6-11)16-8-12(14(18)19)7-15-13(17)9-16/h2-6,10,12H,7-9H2,1H3,(H,15,17)(H,18,19). The number of nitrogens with zero attached hydrogens (tertiary/aromatic N) is 1. The second kappa shape index (κ2) is 5.84. The number of hydrogen-bond acceptors (Lipinski definition) is 3. The molecule has 2 atom stereocenters. The Morgan fingerprint density at radius 1 is 1.42 bits per heavy atom. The van der Waals surface area contributed by atoms with Crippen molar-refractivity contribution in [1.29, 1.82) is 0 Å². The molecule has 5 nitrogen and oxygen atoms in total. The third kappa shape index (κ3) is 3.32. The van der Waals surface area contributed by atoms with E-state index in [9.17, 15) is 9.59 Å². The zero-order valence-corrected chi connectivity index (χ0v) is 10.9. The molecule has 1 aromatic rings. The van der Waals surface area contributed by atoms with Gasteiger partial charge >= 0.3 is 5.97 Å². The van der Waals surface area contributed by atoms with Gasteiger partial charge in [-0.25, -0.2) is 0 Å². The normalized spacial score (nSPS) is 22.4. The van der Waals surface area contributed by atoms with Crippen LogP contribution in [0.2, 0.25) is 0 Å². The molecule has 2 unspecified atom stereocenters. The summed E-state index contributed by atoms with van der Waals surface area (Å²) in [5.41, 5.74) is 1.08. The van der Waals surface area contributed by atoms with Crippen molar-refractivity contribution in [3.8, 4) is 0 Å². The predicted molar refractivity (Wildman–Crippen MR) is 70.6 cm³/mol. The van der Waals surface area contributed by atoms with Crippen LogP contribution in [0.5, 0.6) is 0 Å². The molecule has 0 radical (unpaired) electrons. The molecule has 0 bridgehead atoms. The van der Waals surface area contributed by atoms with Crippen LogP contribution < -0.4 is 5.32 Å². The van der Waals surface area contributed by atoms with Gasteiger partial charge in [-0.2, -0.15) is 0 Å². The van der Waals surface area contributed by atoms with E-state index in [-0.39, 0.29) is 25.0 Å². The first-order chi connectivity index (χ1) is 9.08. The van der Waals surface area contributed by atoms with Gasteiger partial charge in [-0.15, -0.1) is 0 Å². The summed E-state index contributed by atoms with van der Waals surface area (Å²) >= 11 is 0. The summed E-state index contributed by atoms with van der Waals surface area (Å²) in [7, 11) is 0. The van der Waals surface area contributed by atoms with Crippen LogP contribution in [-0.4, -0.2) is 41.5 Å². The molecule has 0 saturated carbocycles. The molecule has 1 aliphatic heterocycles. The van der Waals surface area contributed by atoms with Gasteiger partial charge in [0.1, 0.15) is 0 Å². The maximum Gasteiger partial charge on any atom is 0.309 e. The van der Waals surface area contributed by atoms with E-state index in [4.69, 9.17) is 5.11 Å². The summed E-state index contributed by atoms with van der Waals surface area (Å²) in [6, 6.07) is 9.82. The number of carboxylic acids is 1. The van der Waals surface area contributed by atoms with Crippen LogP contribution in [-0.2, 0) is 9.59 Å². The lowest BCUT2D eigenvalue weighted by Gasteiger charge is -2.28. The predicted octanol–water partition coefficient (Wildman–Crippen LogP) is 0.880. The van der Waals surface area contributed by atoms with Gasteiger partial charge < -0.3 is 10.4 Å². The van der Waals surface area contributed by atoms with E-state index in [1.807, 2.05) is 42.2 Å². The van der Waals surface area contributed by atoms with Crippen LogP contribution in [0.15, 0.2) is 30.3 Å². The summed E-state index contributed by atoms with van der Waals surface area (Å²) in [5.74, 6) is -1.54. The molecule has 19 heavy (non-hydrogen) atoms. The van der Waals surface area contributed by atoms with Gasteiger partial charge in [-0.3, -0.25) is 14.5 Å². The second-order valence-corrected chi connectivity index (χ2v) is 4.86. The molecule has 1 fully saturated rings. The number of nitrogens with one attached hydrogen (secondary N) is 1. The lowest BCUT2D eigenvalue weighted by Crippen LogP contribution is -2.36. The minimum absolute atomic E-state index is 0.0203. The van der Waals surface area contributed by atoms with Crippen molar-refractivity contribution in [1.82, 2.24) is 10.2 Å². The lowest BCUT2D eigenvalue weighted by atomic mass is 10.0. The Bertz CT molecular complexity index is 461. The maximum absolute atomic E-state index is 11.7. The summed E-state index contributed by atoms with van der Waals surface area (Å²) in [5, 5.41) is 11.8. The van der Waals surface area contributed by atoms with Gasteiger partial charge in [-0.1, -0.05) is 30.3 Å². The van der Waals surface area contributed by atoms with Crippen molar-refractivity contribution >= 4 is 11.9 Å². The van der Waals surface area contributed by atoms with Crippen molar-refractivity contribution < 1.29 is 14.7 Å². The molecule has 0 aliphatic carbocycles. The van der Waals surface area contributed by atoms with E-state index in [1.165, 1.54) is 0 Å². The number of amides is 1. The third-order valence-electron chi connectivity index (χ3n) is 3.53. The molecule has 1 heterocycles. The number of carboxylic acid groups (broad SMARTS) is 1. The third-order valence-corrected chi connectivity index (χ3v) is 3.53. The van der Waals surface area contributed by atoms with Crippen LogP contribution in [0.25, 0.3) is 0 Å². The van der Waals surface area contributed by atoms with E-state index in [2.05, 4.69) is 5.32 Å². The van der Waals surface area contributed by atoms with Gasteiger partial charge in [-0.05, 0) is 12.5 Å². The Kier molecular flexibility index (Phi) is 4.16. The van der Waals surface area contributed by atoms with Crippen molar-refractivity contribution in [3.63, 3.8) is 0 Å². The largest absolute Gasteiger partial charge is 0.481 e. The molecule has 2 N–H and O–H groups in total. The van der Waals surface area contributed by atoms with Crippen LogP contribution in [0, 0.1) is 5.92 Å². The number of carbonyl (C=O) groups excluding carboxylic acids is 1. The zero-order valence-electron chi connectivity index (χ0n) is 10.9. The Morgan fingerprint density at radius 3 is 2.74 bits per heavy atom. The molecule has 2 rings (SSSR count). The summed E-state index contributed by atoms with van der Waals surface area (Å²) in [4.78, 5) is 24.7. The number of hydrogen-bond donors (Lipinski definition) is 2. The Balaban J connectivity index is 2.16. The number of aliphatic carboxylic acids is 1. The van der Waals surface area contributed by atoms with E-state index in [1.54, 1.807) is 0 Å². The molecular formula is C14H18N2O3. The average Bonchev–Trinajstić information content (AvgIpc) is 2.61. The van der Waals surface area contributed by atoms with Crippen molar-refractivity contribution in [2.45, 2.75) is 13.0 Å². The van der Waals surface area contributed by atoms with E-state index in [0.29, 0.717) is 6.54 Å². The smallest absolute Gasteiger partial charge is 0.309 e. The SMILES string of the molecule is CC(c1ccccc1)N1CC(=O)NCC(C(=O)O)C1. The van der Waals surface area contributed by atoms with Crippen molar-refractivity contribution in [2.75, 3.05) is 19.6 Å². The van der Waals surface area contributed by atoms with Crippen LogP contribution in [0.4, 0.5) is 0 Å². The number of carbonyl (C=O) groups is 2. The maximum atomic E-state index is 11.7. The molecule has 1 amide bonds. The van der Waals surface area contributed by atoms with Crippen molar-refractivity contribution in [3.05, 3.63) is 35.9 Å². The number of benzene rings is 1. The van der Waals surface area contributed by atoms with Crippen LogP contribution >= 0.6 is 0 Å². The van der Waals surface area contributed by atoms with Gasteiger partial charge in [0, 0.05) is 19.1 Å². The molecule has 102 valence electrons. The molecule has 1 saturated heterocycles. The average molecular weight is 262 g/mol. The van der Waals surface area contributed by atoms with E-state index >= 15 is 0 Å². The number of rotatable bonds is 3. The molecular weight excluding hydrogens is 244 g/mol. The summed E-state index contributed by atoms with van der Waals surface area (Å²) in [6.07, 6.45) is 0. The highest BCUT2D eigenvalue weighted by Crippen LogP contribution is 2.21. The Morgan fingerprint density at radius 2 is 2.11 bits per heavy atom. The minimum atomic E-state index is -0.868. The fraction of sp³-hybridized carbons (Fsp3) is 0.429. The monoisotopic (exact) mass is 262 g/mol. The highest BCUT2D eigenvalue weighted by atomic mass is 16.4. The Labute approximate surface area is 112 Å². The topological polar surface area (TPSA) is 69.6 Å². The van der Waals surface area contributed by atoms with Crippen LogP contribution in [0.1, 0.15) is 18.5 Å². The van der Waals surface area contributed by atoms with Crippen molar-refractivity contribution in [2.24, 2.45) is 5.92 Å². The fourth-order valence-electron chi connectivity index (χ4n) is 2.29. The Hall–Kier alpha value is -1.88. The zero-order chi connectivity index (χ0) is 13.8. The lowest BCUT2D eigenvalue weighted by molar-refractivity contribution is -0.142. The molecule has 0 aromatic heterocycles. The van der Waals surface area contributed by atoms with Gasteiger partial charge in [0.15, 0.2) is 0 Å². The molecule has 0 spiro atoms. The molecule has 5 heteroatoms. The van der Waals surface area contributed by atoms with Gasteiger partial charge in [0.2, 0.25) is 5.91 Å².